The summed E-state index contributed by atoms with van der Waals surface area (Å²) in [6.45, 7) is 7.32. The molecule has 0 bridgehead atoms. The van der Waals surface area contributed by atoms with Gasteiger partial charge in [-0.1, -0.05) is 30.7 Å². The molecule has 0 fully saturated rings. The predicted octanol–water partition coefficient (Wildman–Crippen LogP) is 4.20. The van der Waals surface area contributed by atoms with Gasteiger partial charge in [0.2, 0.25) is 0 Å². The lowest BCUT2D eigenvalue weighted by molar-refractivity contribution is 0.587. The summed E-state index contributed by atoms with van der Waals surface area (Å²) in [6.07, 6.45) is 3.01. The van der Waals surface area contributed by atoms with Crippen molar-refractivity contribution in [2.75, 3.05) is 7.05 Å². The SMILES string of the molecule is CCCn1ncc(-c2ccc(C(C)NC)c(Cl)c2)c1C. The molecule has 3 nitrogen and oxygen atoms in total. The Balaban J connectivity index is 2.37. The van der Waals surface area contributed by atoms with Gasteiger partial charge in [-0.15, -0.1) is 0 Å². The number of aromatic nitrogens is 2. The van der Waals surface area contributed by atoms with Crippen molar-refractivity contribution in [2.45, 2.75) is 39.8 Å². The van der Waals surface area contributed by atoms with Crippen LogP contribution in [-0.4, -0.2) is 16.8 Å². The quantitative estimate of drug-likeness (QED) is 0.894. The van der Waals surface area contributed by atoms with Gasteiger partial charge in [0, 0.05) is 28.9 Å². The lowest BCUT2D eigenvalue weighted by Crippen LogP contribution is -2.12. The maximum atomic E-state index is 6.41. The van der Waals surface area contributed by atoms with Crippen molar-refractivity contribution in [1.29, 1.82) is 0 Å². The zero-order valence-electron chi connectivity index (χ0n) is 12.6. The monoisotopic (exact) mass is 291 g/mol. The van der Waals surface area contributed by atoms with Crippen LogP contribution in [0.4, 0.5) is 0 Å². The molecule has 4 heteroatoms. The molecule has 0 aliphatic carbocycles. The van der Waals surface area contributed by atoms with E-state index < -0.39 is 0 Å². The Bertz CT molecular complexity index is 589. The minimum atomic E-state index is 0.250. The number of halogens is 1. The number of hydrogen-bond acceptors (Lipinski definition) is 2. The topological polar surface area (TPSA) is 29.9 Å². The van der Waals surface area contributed by atoms with Crippen LogP contribution in [0.15, 0.2) is 24.4 Å². The molecule has 20 heavy (non-hydrogen) atoms. The maximum Gasteiger partial charge on any atom is 0.0571 e. The molecule has 0 aliphatic heterocycles. The maximum absolute atomic E-state index is 6.41. The molecule has 0 saturated carbocycles. The van der Waals surface area contributed by atoms with Gasteiger partial charge in [-0.2, -0.15) is 5.10 Å². The summed E-state index contributed by atoms with van der Waals surface area (Å²) in [6, 6.07) is 6.50. The molecule has 1 aromatic carbocycles. The summed E-state index contributed by atoms with van der Waals surface area (Å²) in [7, 11) is 1.94. The predicted molar refractivity (Wildman–Crippen MR) is 85.2 cm³/mol. The van der Waals surface area contributed by atoms with Crippen molar-refractivity contribution >= 4 is 11.6 Å². The van der Waals surface area contributed by atoms with Crippen molar-refractivity contribution in [2.24, 2.45) is 0 Å². The molecule has 0 amide bonds. The Hall–Kier alpha value is -1.32. The highest BCUT2D eigenvalue weighted by Crippen LogP contribution is 2.30. The Morgan fingerprint density at radius 1 is 1.40 bits per heavy atom. The van der Waals surface area contributed by atoms with Gasteiger partial charge in [0.15, 0.2) is 0 Å². The summed E-state index contributed by atoms with van der Waals surface area (Å²) in [5.74, 6) is 0. The van der Waals surface area contributed by atoms with E-state index in [-0.39, 0.29) is 6.04 Å². The summed E-state index contributed by atoms with van der Waals surface area (Å²) in [5.41, 5.74) is 4.60. The third-order valence-corrected chi connectivity index (χ3v) is 4.08. The minimum Gasteiger partial charge on any atom is -0.313 e. The van der Waals surface area contributed by atoms with Crippen LogP contribution in [-0.2, 0) is 6.54 Å². The van der Waals surface area contributed by atoms with E-state index >= 15 is 0 Å². The molecule has 2 aromatic rings. The van der Waals surface area contributed by atoms with Gasteiger partial charge in [-0.25, -0.2) is 0 Å². The van der Waals surface area contributed by atoms with E-state index in [1.165, 1.54) is 5.69 Å². The fourth-order valence-electron chi connectivity index (χ4n) is 2.37. The molecule has 2 rings (SSSR count). The second-order valence-corrected chi connectivity index (χ2v) is 5.52. The summed E-state index contributed by atoms with van der Waals surface area (Å²) >= 11 is 6.41. The van der Waals surface area contributed by atoms with E-state index in [4.69, 9.17) is 11.6 Å². The van der Waals surface area contributed by atoms with E-state index in [2.05, 4.69) is 43.3 Å². The van der Waals surface area contributed by atoms with Gasteiger partial charge in [0.05, 0.1) is 6.20 Å². The first-order chi connectivity index (χ1) is 9.58. The third-order valence-electron chi connectivity index (χ3n) is 3.75. The van der Waals surface area contributed by atoms with Crippen LogP contribution >= 0.6 is 11.6 Å². The molecular weight excluding hydrogens is 270 g/mol. The van der Waals surface area contributed by atoms with Gasteiger partial charge < -0.3 is 5.32 Å². The molecule has 1 unspecified atom stereocenters. The number of hydrogen-bond donors (Lipinski definition) is 1. The molecule has 1 N–H and O–H groups in total. The molecule has 0 radical (unpaired) electrons. The van der Waals surface area contributed by atoms with Crippen LogP contribution in [0.2, 0.25) is 5.02 Å². The summed E-state index contributed by atoms with van der Waals surface area (Å²) in [5, 5.41) is 8.46. The fourth-order valence-corrected chi connectivity index (χ4v) is 2.71. The fraction of sp³-hybridized carbons (Fsp3) is 0.438. The first-order valence-electron chi connectivity index (χ1n) is 7.08. The van der Waals surface area contributed by atoms with Crippen LogP contribution in [0.5, 0.6) is 0 Å². The van der Waals surface area contributed by atoms with E-state index in [0.29, 0.717) is 0 Å². The molecule has 0 spiro atoms. The van der Waals surface area contributed by atoms with Gasteiger partial charge >= 0.3 is 0 Å². The number of aryl methyl sites for hydroxylation is 1. The Morgan fingerprint density at radius 3 is 2.75 bits per heavy atom. The van der Waals surface area contributed by atoms with Crippen molar-refractivity contribution < 1.29 is 0 Å². The highest BCUT2D eigenvalue weighted by molar-refractivity contribution is 6.31. The normalized spacial score (nSPS) is 12.7. The van der Waals surface area contributed by atoms with Gasteiger partial charge in [-0.3, -0.25) is 4.68 Å². The Kier molecular flexibility index (Phi) is 4.84. The Morgan fingerprint density at radius 2 is 2.15 bits per heavy atom. The zero-order chi connectivity index (χ0) is 14.7. The van der Waals surface area contributed by atoms with Crippen LogP contribution in [0.25, 0.3) is 11.1 Å². The smallest absolute Gasteiger partial charge is 0.0571 e. The third kappa shape index (κ3) is 2.89. The van der Waals surface area contributed by atoms with E-state index in [9.17, 15) is 0 Å². The molecule has 1 aromatic heterocycles. The lowest BCUT2D eigenvalue weighted by atomic mass is 10.0. The highest BCUT2D eigenvalue weighted by atomic mass is 35.5. The van der Waals surface area contributed by atoms with Gasteiger partial charge in [-0.05, 0) is 44.5 Å². The van der Waals surface area contributed by atoms with Crippen LogP contribution in [0.3, 0.4) is 0 Å². The van der Waals surface area contributed by atoms with E-state index in [1.807, 2.05) is 24.0 Å². The van der Waals surface area contributed by atoms with Crippen LogP contribution < -0.4 is 5.32 Å². The van der Waals surface area contributed by atoms with Gasteiger partial charge in [0.1, 0.15) is 0 Å². The lowest BCUT2D eigenvalue weighted by Gasteiger charge is -2.13. The van der Waals surface area contributed by atoms with Gasteiger partial charge in [0.25, 0.3) is 0 Å². The minimum absolute atomic E-state index is 0.250. The van der Waals surface area contributed by atoms with E-state index in [0.717, 1.165) is 34.7 Å². The van der Waals surface area contributed by atoms with Crippen molar-refractivity contribution in [1.82, 2.24) is 15.1 Å². The van der Waals surface area contributed by atoms with E-state index in [1.54, 1.807) is 0 Å². The number of rotatable bonds is 5. The Labute approximate surface area is 126 Å². The summed E-state index contributed by atoms with van der Waals surface area (Å²) in [4.78, 5) is 0. The second kappa shape index (κ2) is 6.42. The number of nitrogens with zero attached hydrogens (tertiary/aromatic N) is 2. The molecule has 0 aliphatic rings. The molecule has 1 atom stereocenters. The van der Waals surface area contributed by atoms with Crippen LogP contribution in [0, 0.1) is 6.92 Å². The first-order valence-corrected chi connectivity index (χ1v) is 7.45. The van der Waals surface area contributed by atoms with Crippen molar-refractivity contribution in [3.63, 3.8) is 0 Å². The average Bonchev–Trinajstić information content (AvgIpc) is 2.80. The molecule has 0 saturated heterocycles. The molecular formula is C16H22ClN3. The standard InChI is InChI=1S/C16H22ClN3/c1-5-8-20-12(3)15(10-19-20)13-6-7-14(11(2)18-4)16(17)9-13/h6-7,9-11,18H,5,8H2,1-4H3. The number of benzene rings is 1. The largest absolute Gasteiger partial charge is 0.313 e. The van der Waals surface area contributed by atoms with Crippen LogP contribution in [0.1, 0.15) is 37.6 Å². The summed E-state index contributed by atoms with van der Waals surface area (Å²) < 4.78 is 2.05. The average molecular weight is 292 g/mol. The number of nitrogens with one attached hydrogen (secondary N) is 1. The highest BCUT2D eigenvalue weighted by Gasteiger charge is 2.12. The molecule has 108 valence electrons. The van der Waals surface area contributed by atoms with Crippen molar-refractivity contribution in [3.8, 4) is 11.1 Å². The molecule has 1 heterocycles. The second-order valence-electron chi connectivity index (χ2n) is 5.11. The zero-order valence-corrected chi connectivity index (χ0v) is 13.3. The first kappa shape index (κ1) is 15.1. The van der Waals surface area contributed by atoms with Crippen molar-refractivity contribution in [3.05, 3.63) is 40.7 Å².